The van der Waals surface area contributed by atoms with Gasteiger partial charge in [-0.25, -0.2) is 0 Å². The minimum absolute atomic E-state index is 0.135. The number of halogens is 1. The lowest BCUT2D eigenvalue weighted by molar-refractivity contribution is 1.01. The largest absolute Gasteiger partial charge is 0.374 e. The summed E-state index contributed by atoms with van der Waals surface area (Å²) >= 11 is 9.03. The fourth-order valence-corrected chi connectivity index (χ4v) is 4.04. The van der Waals surface area contributed by atoms with Crippen LogP contribution in [0.2, 0.25) is 5.02 Å². The molecule has 0 spiro atoms. The first kappa shape index (κ1) is 14.4. The van der Waals surface area contributed by atoms with E-state index in [1.165, 1.54) is 22.5 Å². The minimum atomic E-state index is 0.135. The van der Waals surface area contributed by atoms with Crippen molar-refractivity contribution in [3.8, 4) is 0 Å². The summed E-state index contributed by atoms with van der Waals surface area (Å²) in [6, 6.07) is 18.2. The lowest BCUT2D eigenvalue weighted by Gasteiger charge is -2.16. The maximum Gasteiger partial charge on any atom is 0.203 e. The molecule has 6 heteroatoms. The Bertz CT molecular complexity index is 713. The van der Waals surface area contributed by atoms with Crippen LogP contribution in [0.4, 0.5) is 5.13 Å². The third kappa shape index (κ3) is 3.56. The van der Waals surface area contributed by atoms with Crippen molar-refractivity contribution in [2.45, 2.75) is 9.59 Å². The molecule has 3 nitrogen and oxygen atoms in total. The SMILES string of the molecule is Nc1nnc(S[C@@H](c2ccccc2)c2ccc(Cl)cc2)s1. The monoisotopic (exact) mass is 333 g/mol. The van der Waals surface area contributed by atoms with E-state index >= 15 is 0 Å². The number of thioether (sulfide) groups is 1. The van der Waals surface area contributed by atoms with Gasteiger partial charge in [-0.2, -0.15) is 0 Å². The van der Waals surface area contributed by atoms with Gasteiger partial charge in [0, 0.05) is 5.02 Å². The molecule has 0 aliphatic rings. The van der Waals surface area contributed by atoms with E-state index in [0.717, 1.165) is 9.36 Å². The highest BCUT2D eigenvalue weighted by Gasteiger charge is 2.18. The Morgan fingerprint density at radius 3 is 2.24 bits per heavy atom. The molecule has 3 rings (SSSR count). The number of nitrogen functional groups attached to an aromatic ring is 1. The molecule has 1 aromatic heterocycles. The molecule has 0 unspecified atom stereocenters. The molecule has 106 valence electrons. The normalized spacial score (nSPS) is 12.2. The summed E-state index contributed by atoms with van der Waals surface area (Å²) in [5.74, 6) is 0. The third-order valence-corrected chi connectivity index (χ3v) is 5.32. The fraction of sp³-hybridized carbons (Fsp3) is 0.0667. The van der Waals surface area contributed by atoms with Crippen molar-refractivity contribution < 1.29 is 0 Å². The number of benzene rings is 2. The van der Waals surface area contributed by atoms with Gasteiger partial charge in [-0.15, -0.1) is 10.2 Å². The van der Waals surface area contributed by atoms with Crippen LogP contribution in [0, 0.1) is 0 Å². The van der Waals surface area contributed by atoms with Gasteiger partial charge in [0.15, 0.2) is 4.34 Å². The lowest BCUT2D eigenvalue weighted by atomic mass is 10.0. The van der Waals surface area contributed by atoms with Crippen molar-refractivity contribution in [2.24, 2.45) is 0 Å². The first-order chi connectivity index (χ1) is 10.2. The van der Waals surface area contributed by atoms with Crippen molar-refractivity contribution >= 4 is 39.8 Å². The molecule has 0 radical (unpaired) electrons. The Morgan fingerprint density at radius 2 is 1.62 bits per heavy atom. The molecule has 2 N–H and O–H groups in total. The van der Waals surface area contributed by atoms with Crippen LogP contribution in [0.5, 0.6) is 0 Å². The Kier molecular flexibility index (Phi) is 4.43. The van der Waals surface area contributed by atoms with E-state index in [2.05, 4.69) is 22.3 Å². The quantitative estimate of drug-likeness (QED) is 0.706. The number of nitrogens with two attached hydrogens (primary N) is 1. The van der Waals surface area contributed by atoms with Crippen LogP contribution in [0.3, 0.4) is 0 Å². The molecule has 0 aliphatic heterocycles. The summed E-state index contributed by atoms with van der Waals surface area (Å²) < 4.78 is 0.858. The van der Waals surface area contributed by atoms with Crippen LogP contribution >= 0.6 is 34.7 Å². The number of rotatable bonds is 4. The van der Waals surface area contributed by atoms with Gasteiger partial charge >= 0.3 is 0 Å². The molecule has 0 saturated heterocycles. The van der Waals surface area contributed by atoms with Crippen molar-refractivity contribution in [3.05, 3.63) is 70.7 Å². The number of hydrogen-bond acceptors (Lipinski definition) is 5. The Hall–Kier alpha value is -1.56. The Labute approximate surface area is 136 Å². The molecule has 0 aliphatic carbocycles. The molecule has 1 heterocycles. The van der Waals surface area contributed by atoms with E-state index in [9.17, 15) is 0 Å². The van der Waals surface area contributed by atoms with Crippen LogP contribution < -0.4 is 5.73 Å². The van der Waals surface area contributed by atoms with Crippen LogP contribution in [-0.4, -0.2) is 10.2 Å². The topological polar surface area (TPSA) is 51.8 Å². The molecule has 0 saturated carbocycles. The second-order valence-corrected chi connectivity index (χ2v) is 7.16. The number of hydrogen-bond donors (Lipinski definition) is 1. The molecular formula is C15H12ClN3S2. The van der Waals surface area contributed by atoms with Gasteiger partial charge in [0.2, 0.25) is 5.13 Å². The van der Waals surface area contributed by atoms with Crippen molar-refractivity contribution in [1.29, 1.82) is 0 Å². The highest BCUT2D eigenvalue weighted by Crippen LogP contribution is 2.41. The summed E-state index contributed by atoms with van der Waals surface area (Å²) in [5.41, 5.74) is 8.04. The summed E-state index contributed by atoms with van der Waals surface area (Å²) in [6.45, 7) is 0. The van der Waals surface area contributed by atoms with E-state index in [0.29, 0.717) is 5.13 Å². The second kappa shape index (κ2) is 6.47. The summed E-state index contributed by atoms with van der Waals surface area (Å²) in [6.07, 6.45) is 0. The van der Waals surface area contributed by atoms with Gasteiger partial charge in [-0.1, -0.05) is 77.2 Å². The van der Waals surface area contributed by atoms with Gasteiger partial charge in [0.25, 0.3) is 0 Å². The lowest BCUT2D eigenvalue weighted by Crippen LogP contribution is -1.96. The summed E-state index contributed by atoms with van der Waals surface area (Å²) in [4.78, 5) is 0. The maximum absolute atomic E-state index is 5.98. The van der Waals surface area contributed by atoms with Crippen molar-refractivity contribution in [2.75, 3.05) is 5.73 Å². The molecule has 21 heavy (non-hydrogen) atoms. The van der Waals surface area contributed by atoms with E-state index in [-0.39, 0.29) is 5.25 Å². The van der Waals surface area contributed by atoms with Gasteiger partial charge in [-0.3, -0.25) is 0 Å². The van der Waals surface area contributed by atoms with Gasteiger partial charge in [0.05, 0.1) is 5.25 Å². The highest BCUT2D eigenvalue weighted by atomic mass is 35.5. The van der Waals surface area contributed by atoms with Crippen molar-refractivity contribution in [1.82, 2.24) is 10.2 Å². The molecule has 1 atom stereocenters. The molecule has 3 aromatic rings. The molecule has 0 amide bonds. The van der Waals surface area contributed by atoms with E-state index in [1.807, 2.05) is 42.5 Å². The molecular weight excluding hydrogens is 322 g/mol. The zero-order valence-electron chi connectivity index (χ0n) is 10.9. The summed E-state index contributed by atoms with van der Waals surface area (Å²) in [7, 11) is 0. The first-order valence-corrected chi connectivity index (χ1v) is 8.36. The zero-order valence-corrected chi connectivity index (χ0v) is 13.3. The van der Waals surface area contributed by atoms with Gasteiger partial charge in [-0.05, 0) is 23.3 Å². The van der Waals surface area contributed by atoms with Crippen LogP contribution in [0.15, 0.2) is 58.9 Å². The standard InChI is InChI=1S/C15H12ClN3S2/c16-12-8-6-11(7-9-12)13(10-4-2-1-3-5-10)20-15-19-18-14(17)21-15/h1-9,13H,(H2,17,18)/t13-/m0/s1. The van der Waals surface area contributed by atoms with Crippen LogP contribution in [-0.2, 0) is 0 Å². The highest BCUT2D eigenvalue weighted by molar-refractivity contribution is 8.01. The fourth-order valence-electron chi connectivity index (χ4n) is 1.96. The summed E-state index contributed by atoms with van der Waals surface area (Å²) in [5, 5.41) is 9.33. The average molecular weight is 334 g/mol. The number of nitrogens with zero attached hydrogens (tertiary/aromatic N) is 2. The molecule has 2 aromatic carbocycles. The van der Waals surface area contributed by atoms with Crippen molar-refractivity contribution in [3.63, 3.8) is 0 Å². The predicted molar refractivity (Wildman–Crippen MR) is 89.9 cm³/mol. The Morgan fingerprint density at radius 1 is 0.952 bits per heavy atom. The molecule has 0 bridgehead atoms. The molecule has 0 fully saturated rings. The third-order valence-electron chi connectivity index (χ3n) is 2.92. The maximum atomic E-state index is 5.98. The van der Waals surface area contributed by atoms with Gasteiger partial charge in [0.1, 0.15) is 0 Å². The smallest absolute Gasteiger partial charge is 0.203 e. The zero-order chi connectivity index (χ0) is 14.7. The van der Waals surface area contributed by atoms with Crippen LogP contribution in [0.1, 0.15) is 16.4 Å². The average Bonchev–Trinajstić information content (AvgIpc) is 2.92. The van der Waals surface area contributed by atoms with E-state index in [4.69, 9.17) is 17.3 Å². The van der Waals surface area contributed by atoms with Gasteiger partial charge < -0.3 is 5.73 Å². The van der Waals surface area contributed by atoms with Crippen LogP contribution in [0.25, 0.3) is 0 Å². The van der Waals surface area contributed by atoms with E-state index in [1.54, 1.807) is 11.8 Å². The Balaban J connectivity index is 1.96. The van der Waals surface area contributed by atoms with E-state index < -0.39 is 0 Å². The second-order valence-electron chi connectivity index (χ2n) is 4.37. The minimum Gasteiger partial charge on any atom is -0.374 e. The number of anilines is 1. The predicted octanol–water partition coefficient (Wildman–Crippen LogP) is 4.66. The first-order valence-electron chi connectivity index (χ1n) is 6.28. The number of aromatic nitrogens is 2.